The van der Waals surface area contributed by atoms with Gasteiger partial charge in [0.1, 0.15) is 0 Å². The number of nitrogens with one attached hydrogen (secondary N) is 2. The van der Waals surface area contributed by atoms with Gasteiger partial charge in [0.2, 0.25) is 11.8 Å². The molecule has 2 amide bonds. The number of likely N-dealkylation sites (N-methyl/N-ethyl adjacent to an activating group) is 1. The Bertz CT molecular complexity index is 1370. The molecule has 3 aromatic carbocycles. The number of rotatable bonds is 15. The van der Waals surface area contributed by atoms with Crippen molar-refractivity contribution in [3.8, 4) is 0 Å². The topological polar surface area (TPSA) is 120 Å². The van der Waals surface area contributed by atoms with Crippen molar-refractivity contribution in [2.75, 3.05) is 25.5 Å². The van der Waals surface area contributed by atoms with Gasteiger partial charge in [-0.1, -0.05) is 80.1 Å². The molecule has 1 aliphatic heterocycles. The van der Waals surface area contributed by atoms with E-state index < -0.39 is 12.4 Å². The molecule has 46 heavy (non-hydrogen) atoms. The molecule has 0 unspecified atom stereocenters. The van der Waals surface area contributed by atoms with E-state index in [0.717, 1.165) is 41.5 Å². The Labute approximate surface area is 272 Å². The lowest BCUT2D eigenvalue weighted by Gasteiger charge is -2.43. The minimum Gasteiger partial charge on any atom is -0.392 e. The summed E-state index contributed by atoms with van der Waals surface area (Å²) in [7, 11) is 2.00. The molecule has 248 valence electrons. The number of hydrogen-bond donors (Lipinski definition) is 4. The normalized spacial score (nSPS) is 21.0. The number of hydrogen-bond acceptors (Lipinski definition) is 7. The lowest BCUT2D eigenvalue weighted by Crippen LogP contribution is -2.46. The lowest BCUT2D eigenvalue weighted by molar-refractivity contribution is -0.276. The number of aliphatic hydroxyl groups is 2. The Balaban J connectivity index is 1.43. The van der Waals surface area contributed by atoms with Gasteiger partial charge in [-0.3, -0.25) is 14.5 Å². The van der Waals surface area contributed by atoms with Crippen LogP contribution in [0.15, 0.2) is 78.9 Å². The van der Waals surface area contributed by atoms with E-state index in [9.17, 15) is 19.8 Å². The number of aliphatic hydroxyl groups excluding tert-OH is 2. The summed E-state index contributed by atoms with van der Waals surface area (Å²) in [5.41, 5.74) is 4.25. The van der Waals surface area contributed by atoms with Gasteiger partial charge < -0.3 is 30.3 Å². The second kappa shape index (κ2) is 17.4. The zero-order valence-corrected chi connectivity index (χ0v) is 27.4. The SMILES string of the molecule is CC(=O)NCCCCCC(=O)Nc1ccc([C@@H]2O[C@H](CN(C)[C@H](C)[C@@H](O)c3ccccc3)[C@H](C)[C@H](c3ccc(CO)cc3)O2)cc1. The molecule has 0 radical (unpaired) electrons. The third-order valence-electron chi connectivity index (χ3n) is 8.81. The smallest absolute Gasteiger partial charge is 0.224 e. The van der Waals surface area contributed by atoms with Gasteiger partial charge in [0, 0.05) is 49.6 Å². The maximum Gasteiger partial charge on any atom is 0.224 e. The van der Waals surface area contributed by atoms with Crippen molar-refractivity contribution in [2.24, 2.45) is 5.92 Å². The van der Waals surface area contributed by atoms with Gasteiger partial charge in [-0.25, -0.2) is 0 Å². The second-order valence-corrected chi connectivity index (χ2v) is 12.3. The molecule has 6 atom stereocenters. The Morgan fingerprint density at radius 1 is 0.913 bits per heavy atom. The molecule has 1 saturated heterocycles. The molecule has 4 rings (SSSR count). The molecule has 4 N–H and O–H groups in total. The van der Waals surface area contributed by atoms with Gasteiger partial charge in [0.25, 0.3) is 0 Å². The van der Waals surface area contributed by atoms with Gasteiger partial charge in [-0.2, -0.15) is 0 Å². The first-order valence-electron chi connectivity index (χ1n) is 16.2. The summed E-state index contributed by atoms with van der Waals surface area (Å²) in [6.07, 6.45) is 1.13. The number of nitrogens with zero attached hydrogens (tertiary/aromatic N) is 1. The Morgan fingerprint density at radius 3 is 2.24 bits per heavy atom. The second-order valence-electron chi connectivity index (χ2n) is 12.3. The number of anilines is 1. The molecule has 1 fully saturated rings. The maximum atomic E-state index is 12.5. The molecule has 1 aliphatic rings. The third kappa shape index (κ3) is 9.95. The highest BCUT2D eigenvalue weighted by molar-refractivity contribution is 5.90. The van der Waals surface area contributed by atoms with Crippen LogP contribution >= 0.6 is 0 Å². The van der Waals surface area contributed by atoms with Gasteiger partial charge in [0.15, 0.2) is 6.29 Å². The maximum absolute atomic E-state index is 12.5. The third-order valence-corrected chi connectivity index (χ3v) is 8.81. The minimum absolute atomic E-state index is 0.00320. The van der Waals surface area contributed by atoms with E-state index in [2.05, 4.69) is 22.5 Å². The van der Waals surface area contributed by atoms with E-state index in [1.165, 1.54) is 6.92 Å². The van der Waals surface area contributed by atoms with Gasteiger partial charge in [-0.15, -0.1) is 0 Å². The predicted octanol–water partition coefficient (Wildman–Crippen LogP) is 5.66. The first-order valence-corrected chi connectivity index (χ1v) is 16.2. The summed E-state index contributed by atoms with van der Waals surface area (Å²) in [6, 6.07) is 24.9. The lowest BCUT2D eigenvalue weighted by atomic mass is 9.89. The summed E-state index contributed by atoms with van der Waals surface area (Å²) in [5, 5.41) is 26.4. The summed E-state index contributed by atoms with van der Waals surface area (Å²) >= 11 is 0. The van der Waals surface area contributed by atoms with Crippen LogP contribution in [0.4, 0.5) is 5.69 Å². The fourth-order valence-corrected chi connectivity index (χ4v) is 5.75. The molecular formula is C37H49N3O6. The first-order chi connectivity index (χ1) is 22.2. The highest BCUT2D eigenvalue weighted by atomic mass is 16.7. The Hall–Kier alpha value is -3.60. The van der Waals surface area contributed by atoms with Crippen LogP contribution in [-0.2, 0) is 25.7 Å². The van der Waals surface area contributed by atoms with E-state index in [4.69, 9.17) is 9.47 Å². The van der Waals surface area contributed by atoms with Crippen molar-refractivity contribution < 1.29 is 29.3 Å². The minimum atomic E-state index is -0.648. The van der Waals surface area contributed by atoms with Crippen molar-refractivity contribution in [1.82, 2.24) is 10.2 Å². The molecule has 0 saturated carbocycles. The van der Waals surface area contributed by atoms with Crippen molar-refractivity contribution >= 4 is 17.5 Å². The van der Waals surface area contributed by atoms with Crippen LogP contribution in [0.25, 0.3) is 0 Å². The molecular weight excluding hydrogens is 582 g/mol. The number of amides is 2. The molecule has 0 aromatic heterocycles. The van der Waals surface area contributed by atoms with Crippen LogP contribution < -0.4 is 10.6 Å². The van der Waals surface area contributed by atoms with Gasteiger partial charge in [-0.05, 0) is 55.6 Å². The number of carbonyl (C=O) groups is 2. The molecule has 0 spiro atoms. The van der Waals surface area contributed by atoms with Crippen LogP contribution in [0, 0.1) is 5.92 Å². The Kier molecular flexibility index (Phi) is 13.3. The first kappa shape index (κ1) is 35.3. The number of benzene rings is 3. The van der Waals surface area contributed by atoms with Crippen LogP contribution in [0.3, 0.4) is 0 Å². The standard InChI is InChI=1S/C37H49N3O6/c1-25-33(23-40(4)26(2)35(44)29-11-7-5-8-12-29)45-37(46-36(25)30-16-14-28(24-41)15-17-30)31-18-20-32(21-19-31)39-34(43)13-9-6-10-22-38-27(3)42/h5,7-8,11-12,14-21,25-26,33,35-37,41,44H,6,9-10,13,22-24H2,1-4H3,(H,38,42)(H,39,43)/t25-,26+,33+,35+,36+,37+/m0/s1. The summed E-state index contributed by atoms with van der Waals surface area (Å²) in [5.74, 6) is -0.0906. The average Bonchev–Trinajstić information content (AvgIpc) is 3.07. The van der Waals surface area contributed by atoms with E-state index >= 15 is 0 Å². The molecule has 0 aliphatic carbocycles. The molecule has 9 heteroatoms. The monoisotopic (exact) mass is 631 g/mol. The number of carbonyl (C=O) groups excluding carboxylic acids is 2. The van der Waals surface area contributed by atoms with E-state index in [0.29, 0.717) is 25.2 Å². The van der Waals surface area contributed by atoms with Crippen molar-refractivity contribution in [2.45, 2.75) is 83.7 Å². The zero-order chi connectivity index (χ0) is 33.1. The zero-order valence-electron chi connectivity index (χ0n) is 27.4. The summed E-state index contributed by atoms with van der Waals surface area (Å²) in [6.45, 7) is 6.82. The summed E-state index contributed by atoms with van der Waals surface area (Å²) < 4.78 is 13.2. The number of unbranched alkanes of at least 4 members (excludes halogenated alkanes) is 2. The molecule has 3 aromatic rings. The average molecular weight is 632 g/mol. The number of ether oxygens (including phenoxy) is 2. The predicted molar refractivity (Wildman–Crippen MR) is 179 cm³/mol. The fraction of sp³-hybridized carbons (Fsp3) is 0.459. The van der Waals surface area contributed by atoms with E-state index in [1.54, 1.807) is 0 Å². The molecule has 0 bridgehead atoms. The molecule has 9 nitrogen and oxygen atoms in total. The Morgan fingerprint density at radius 2 is 1.59 bits per heavy atom. The van der Waals surface area contributed by atoms with Crippen molar-refractivity contribution in [3.05, 3.63) is 101 Å². The summed E-state index contributed by atoms with van der Waals surface area (Å²) in [4.78, 5) is 25.6. The van der Waals surface area contributed by atoms with Crippen LogP contribution in [0.1, 0.15) is 87.2 Å². The van der Waals surface area contributed by atoms with Gasteiger partial charge in [0.05, 0.1) is 24.9 Å². The van der Waals surface area contributed by atoms with E-state index in [1.807, 2.05) is 92.8 Å². The fourth-order valence-electron chi connectivity index (χ4n) is 5.75. The largest absolute Gasteiger partial charge is 0.392 e. The van der Waals surface area contributed by atoms with Crippen LogP contribution in [-0.4, -0.2) is 59.2 Å². The van der Waals surface area contributed by atoms with Gasteiger partial charge >= 0.3 is 0 Å². The van der Waals surface area contributed by atoms with Crippen molar-refractivity contribution in [1.29, 1.82) is 0 Å². The van der Waals surface area contributed by atoms with Crippen LogP contribution in [0.5, 0.6) is 0 Å². The highest BCUT2D eigenvalue weighted by Crippen LogP contribution is 2.42. The highest BCUT2D eigenvalue weighted by Gasteiger charge is 2.39. The van der Waals surface area contributed by atoms with E-state index in [-0.39, 0.29) is 42.6 Å². The van der Waals surface area contributed by atoms with Crippen LogP contribution in [0.2, 0.25) is 0 Å². The quantitative estimate of drug-likeness (QED) is 0.160. The molecule has 1 heterocycles. The van der Waals surface area contributed by atoms with Crippen molar-refractivity contribution in [3.63, 3.8) is 0 Å².